The Labute approximate surface area is 105 Å². The number of ether oxygens (including phenoxy) is 1. The van der Waals surface area contributed by atoms with Crippen LogP contribution in [0.4, 0.5) is 0 Å². The largest absolute Gasteiger partial charge is 0.394 e. The van der Waals surface area contributed by atoms with Crippen LogP contribution < -0.4 is 5.32 Å². The monoisotopic (exact) mass is 241 g/mol. The van der Waals surface area contributed by atoms with Crippen LogP contribution in [-0.4, -0.2) is 38.0 Å². The van der Waals surface area contributed by atoms with Gasteiger partial charge in [-0.05, 0) is 51.1 Å². The van der Waals surface area contributed by atoms with Crippen LogP contribution in [0, 0.1) is 11.8 Å². The SMILES string of the molecule is CC1=CC(C)CC(CNCCCOCCO)C1. The third-order valence-corrected chi connectivity index (χ3v) is 3.20. The molecule has 0 aromatic heterocycles. The van der Waals surface area contributed by atoms with Crippen LogP contribution in [-0.2, 0) is 4.74 Å². The summed E-state index contributed by atoms with van der Waals surface area (Å²) < 4.78 is 5.21. The molecule has 2 atom stereocenters. The van der Waals surface area contributed by atoms with Crippen molar-refractivity contribution in [1.29, 1.82) is 0 Å². The Morgan fingerprint density at radius 2 is 2.29 bits per heavy atom. The molecule has 0 saturated heterocycles. The maximum Gasteiger partial charge on any atom is 0.0697 e. The third kappa shape index (κ3) is 6.81. The molecule has 2 unspecified atom stereocenters. The van der Waals surface area contributed by atoms with Gasteiger partial charge in [0.1, 0.15) is 0 Å². The molecule has 0 saturated carbocycles. The van der Waals surface area contributed by atoms with Crippen molar-refractivity contribution in [3.05, 3.63) is 11.6 Å². The molecule has 3 heteroatoms. The molecule has 1 aliphatic rings. The standard InChI is InChI=1S/C14H27NO2/c1-12-8-13(2)10-14(9-12)11-15-4-3-6-17-7-5-16/h8,12,14-16H,3-7,9-11H2,1-2H3. The Bertz CT molecular complexity index is 228. The number of rotatable bonds is 8. The van der Waals surface area contributed by atoms with Crippen molar-refractivity contribution < 1.29 is 9.84 Å². The molecule has 1 rings (SSSR count). The molecular formula is C14H27NO2. The maximum absolute atomic E-state index is 8.54. The third-order valence-electron chi connectivity index (χ3n) is 3.20. The molecule has 3 nitrogen and oxygen atoms in total. The number of nitrogens with one attached hydrogen (secondary N) is 1. The fourth-order valence-electron chi connectivity index (χ4n) is 2.61. The molecule has 0 aliphatic heterocycles. The Hall–Kier alpha value is -0.380. The normalized spacial score (nSPS) is 24.8. The minimum Gasteiger partial charge on any atom is -0.394 e. The van der Waals surface area contributed by atoms with Gasteiger partial charge in [-0.15, -0.1) is 0 Å². The lowest BCUT2D eigenvalue weighted by Crippen LogP contribution is -2.27. The Morgan fingerprint density at radius 3 is 3.00 bits per heavy atom. The Kier molecular flexibility index (Phi) is 7.49. The lowest BCUT2D eigenvalue weighted by molar-refractivity contribution is 0.0906. The van der Waals surface area contributed by atoms with Crippen LogP contribution >= 0.6 is 0 Å². The zero-order valence-electron chi connectivity index (χ0n) is 11.2. The van der Waals surface area contributed by atoms with Crippen molar-refractivity contribution in [2.75, 3.05) is 32.9 Å². The van der Waals surface area contributed by atoms with E-state index in [2.05, 4.69) is 25.2 Å². The summed E-state index contributed by atoms with van der Waals surface area (Å²) >= 11 is 0. The minimum atomic E-state index is 0.124. The highest BCUT2D eigenvalue weighted by Gasteiger charge is 2.17. The van der Waals surface area contributed by atoms with Gasteiger partial charge in [0.15, 0.2) is 0 Å². The first kappa shape index (κ1) is 14.7. The molecule has 0 fully saturated rings. The minimum absolute atomic E-state index is 0.124. The average Bonchev–Trinajstić information content (AvgIpc) is 2.26. The van der Waals surface area contributed by atoms with E-state index in [4.69, 9.17) is 9.84 Å². The van der Waals surface area contributed by atoms with E-state index in [-0.39, 0.29) is 6.61 Å². The molecule has 0 amide bonds. The maximum atomic E-state index is 8.54. The molecular weight excluding hydrogens is 214 g/mol. The van der Waals surface area contributed by atoms with Gasteiger partial charge >= 0.3 is 0 Å². The number of hydrogen-bond acceptors (Lipinski definition) is 3. The lowest BCUT2D eigenvalue weighted by Gasteiger charge is -2.25. The van der Waals surface area contributed by atoms with E-state index < -0.39 is 0 Å². The molecule has 17 heavy (non-hydrogen) atoms. The van der Waals surface area contributed by atoms with E-state index in [0.29, 0.717) is 6.61 Å². The summed E-state index contributed by atoms with van der Waals surface area (Å²) in [7, 11) is 0. The van der Waals surface area contributed by atoms with Crippen molar-refractivity contribution in [2.24, 2.45) is 11.8 Å². The number of hydrogen-bond donors (Lipinski definition) is 2. The first-order valence-electron chi connectivity index (χ1n) is 6.79. The fourth-order valence-corrected chi connectivity index (χ4v) is 2.61. The Morgan fingerprint density at radius 1 is 1.47 bits per heavy atom. The van der Waals surface area contributed by atoms with Gasteiger partial charge in [0, 0.05) is 6.61 Å². The summed E-state index contributed by atoms with van der Waals surface area (Å²) in [6.45, 7) is 8.01. The molecule has 1 aliphatic carbocycles. The summed E-state index contributed by atoms with van der Waals surface area (Å²) in [4.78, 5) is 0. The second-order valence-electron chi connectivity index (χ2n) is 5.19. The predicted molar refractivity (Wildman–Crippen MR) is 71.0 cm³/mol. The second-order valence-corrected chi connectivity index (χ2v) is 5.19. The van der Waals surface area contributed by atoms with Crippen LogP contribution in [0.1, 0.15) is 33.1 Å². The lowest BCUT2D eigenvalue weighted by atomic mass is 9.84. The van der Waals surface area contributed by atoms with Crippen molar-refractivity contribution in [3.8, 4) is 0 Å². The summed E-state index contributed by atoms with van der Waals surface area (Å²) in [6.07, 6.45) is 5.99. The van der Waals surface area contributed by atoms with Gasteiger partial charge in [-0.2, -0.15) is 0 Å². The first-order chi connectivity index (χ1) is 8.22. The fraction of sp³-hybridized carbons (Fsp3) is 0.857. The molecule has 0 radical (unpaired) electrons. The zero-order valence-corrected chi connectivity index (χ0v) is 11.2. The molecule has 0 spiro atoms. The predicted octanol–water partition coefficient (Wildman–Crippen LogP) is 1.97. The van der Waals surface area contributed by atoms with E-state index in [0.717, 1.165) is 38.0 Å². The van der Waals surface area contributed by atoms with Crippen LogP contribution in [0.3, 0.4) is 0 Å². The molecule has 0 aromatic rings. The van der Waals surface area contributed by atoms with Crippen LogP contribution in [0.15, 0.2) is 11.6 Å². The van der Waals surface area contributed by atoms with Gasteiger partial charge in [-0.3, -0.25) is 0 Å². The van der Waals surface area contributed by atoms with E-state index >= 15 is 0 Å². The molecule has 2 N–H and O–H groups in total. The van der Waals surface area contributed by atoms with Gasteiger partial charge in [0.25, 0.3) is 0 Å². The topological polar surface area (TPSA) is 41.5 Å². The molecule has 0 aromatic carbocycles. The van der Waals surface area contributed by atoms with Crippen LogP contribution in [0.25, 0.3) is 0 Å². The van der Waals surface area contributed by atoms with E-state index in [1.54, 1.807) is 5.57 Å². The highest BCUT2D eigenvalue weighted by molar-refractivity contribution is 5.06. The van der Waals surface area contributed by atoms with E-state index in [1.807, 2.05) is 0 Å². The Balaban J connectivity index is 1.98. The number of aliphatic hydroxyl groups is 1. The summed E-state index contributed by atoms with van der Waals surface area (Å²) in [5, 5.41) is 12.0. The van der Waals surface area contributed by atoms with Crippen molar-refractivity contribution in [2.45, 2.75) is 33.1 Å². The van der Waals surface area contributed by atoms with Crippen molar-refractivity contribution >= 4 is 0 Å². The smallest absolute Gasteiger partial charge is 0.0697 e. The van der Waals surface area contributed by atoms with Crippen LogP contribution in [0.2, 0.25) is 0 Å². The van der Waals surface area contributed by atoms with Gasteiger partial charge in [-0.1, -0.05) is 18.6 Å². The number of allylic oxidation sites excluding steroid dienone is 2. The molecule has 0 bridgehead atoms. The average molecular weight is 241 g/mol. The summed E-state index contributed by atoms with van der Waals surface area (Å²) in [6, 6.07) is 0. The number of aliphatic hydroxyl groups excluding tert-OH is 1. The van der Waals surface area contributed by atoms with Gasteiger partial charge in [0.2, 0.25) is 0 Å². The quantitative estimate of drug-likeness (QED) is 0.504. The highest BCUT2D eigenvalue weighted by atomic mass is 16.5. The zero-order chi connectivity index (χ0) is 12.5. The van der Waals surface area contributed by atoms with Gasteiger partial charge < -0.3 is 15.2 Å². The van der Waals surface area contributed by atoms with E-state index in [9.17, 15) is 0 Å². The van der Waals surface area contributed by atoms with Gasteiger partial charge in [-0.25, -0.2) is 0 Å². The molecule has 0 heterocycles. The highest BCUT2D eigenvalue weighted by Crippen LogP contribution is 2.27. The second kappa shape index (κ2) is 8.67. The van der Waals surface area contributed by atoms with Gasteiger partial charge in [0.05, 0.1) is 13.2 Å². The molecule has 100 valence electrons. The van der Waals surface area contributed by atoms with Crippen molar-refractivity contribution in [3.63, 3.8) is 0 Å². The first-order valence-corrected chi connectivity index (χ1v) is 6.79. The van der Waals surface area contributed by atoms with Crippen molar-refractivity contribution in [1.82, 2.24) is 5.32 Å². The van der Waals surface area contributed by atoms with Crippen LogP contribution in [0.5, 0.6) is 0 Å². The summed E-state index contributed by atoms with van der Waals surface area (Å²) in [5.41, 5.74) is 1.54. The van der Waals surface area contributed by atoms with E-state index in [1.165, 1.54) is 12.8 Å². The summed E-state index contributed by atoms with van der Waals surface area (Å²) in [5.74, 6) is 1.54.